The van der Waals surface area contributed by atoms with Gasteiger partial charge in [0.1, 0.15) is 6.29 Å². The van der Waals surface area contributed by atoms with E-state index < -0.39 is 0 Å². The van der Waals surface area contributed by atoms with Gasteiger partial charge in [-0.15, -0.1) is 0 Å². The first kappa shape index (κ1) is 14.9. The molecule has 0 radical (unpaired) electrons. The largest absolute Gasteiger partial charge is 0.305 e. The number of hydrogen-bond acceptors (Lipinski definition) is 3. The van der Waals surface area contributed by atoms with Crippen LogP contribution in [-0.2, 0) is 11.2 Å². The summed E-state index contributed by atoms with van der Waals surface area (Å²) < 4.78 is 0. The minimum absolute atomic E-state index is 0.0622. The van der Waals surface area contributed by atoms with Crippen LogP contribution in [0.25, 0.3) is 0 Å². The van der Waals surface area contributed by atoms with E-state index in [1.54, 1.807) is 0 Å². The van der Waals surface area contributed by atoms with Crippen molar-refractivity contribution in [2.24, 2.45) is 5.41 Å². The van der Waals surface area contributed by atoms with E-state index in [-0.39, 0.29) is 17.6 Å². The molecule has 0 saturated heterocycles. The Morgan fingerprint density at radius 2 is 1.83 bits per heavy atom. The summed E-state index contributed by atoms with van der Waals surface area (Å²) in [7, 11) is 1.91. The van der Waals surface area contributed by atoms with Gasteiger partial charge in [-0.3, -0.25) is 5.32 Å². The molecule has 0 bridgehead atoms. The zero-order valence-corrected chi connectivity index (χ0v) is 11.7. The van der Waals surface area contributed by atoms with E-state index in [0.717, 1.165) is 12.7 Å². The van der Waals surface area contributed by atoms with Gasteiger partial charge < -0.3 is 10.1 Å². The molecule has 3 nitrogen and oxygen atoms in total. The van der Waals surface area contributed by atoms with Crippen LogP contribution in [0.15, 0.2) is 30.3 Å². The highest BCUT2D eigenvalue weighted by Gasteiger charge is 2.25. The quantitative estimate of drug-likeness (QED) is 0.597. The van der Waals surface area contributed by atoms with Crippen molar-refractivity contribution in [3.05, 3.63) is 35.9 Å². The van der Waals surface area contributed by atoms with E-state index in [1.165, 1.54) is 5.56 Å². The molecule has 0 aromatic heterocycles. The number of carbonyl (C=O) groups excluding carboxylic acids is 1. The first-order valence-electron chi connectivity index (χ1n) is 6.40. The first-order chi connectivity index (χ1) is 8.47. The van der Waals surface area contributed by atoms with Gasteiger partial charge in [-0.25, -0.2) is 0 Å². The van der Waals surface area contributed by atoms with Crippen molar-refractivity contribution in [3.8, 4) is 0 Å². The Kier molecular flexibility index (Phi) is 5.51. The fraction of sp³-hybridized carbons (Fsp3) is 0.533. The van der Waals surface area contributed by atoms with Crippen molar-refractivity contribution in [2.75, 3.05) is 7.05 Å². The molecule has 0 aliphatic carbocycles. The molecule has 3 heteroatoms. The van der Waals surface area contributed by atoms with Crippen molar-refractivity contribution in [3.63, 3.8) is 0 Å². The van der Waals surface area contributed by atoms with E-state index >= 15 is 0 Å². The fourth-order valence-corrected chi connectivity index (χ4v) is 1.99. The molecule has 100 valence electrons. The van der Waals surface area contributed by atoms with Gasteiger partial charge >= 0.3 is 0 Å². The second-order valence-electron chi connectivity index (χ2n) is 5.69. The Labute approximate surface area is 110 Å². The lowest BCUT2D eigenvalue weighted by atomic mass is 9.91. The van der Waals surface area contributed by atoms with Crippen LogP contribution in [0.5, 0.6) is 0 Å². The normalized spacial score (nSPS) is 15.1. The highest BCUT2D eigenvalue weighted by Crippen LogP contribution is 2.17. The number of carbonyl (C=O) groups is 1. The predicted octanol–water partition coefficient (Wildman–Crippen LogP) is 1.98. The zero-order valence-electron chi connectivity index (χ0n) is 11.7. The molecule has 2 N–H and O–H groups in total. The lowest BCUT2D eigenvalue weighted by Crippen LogP contribution is -2.54. The van der Waals surface area contributed by atoms with Gasteiger partial charge in [0, 0.05) is 0 Å². The average Bonchev–Trinajstić information content (AvgIpc) is 2.34. The molecule has 2 atom stereocenters. The van der Waals surface area contributed by atoms with Crippen molar-refractivity contribution in [2.45, 2.75) is 39.4 Å². The third-order valence-corrected chi connectivity index (χ3v) is 3.00. The third-order valence-electron chi connectivity index (χ3n) is 3.00. The van der Waals surface area contributed by atoms with Gasteiger partial charge in [-0.2, -0.15) is 0 Å². The minimum atomic E-state index is -0.163. The second-order valence-corrected chi connectivity index (χ2v) is 5.69. The van der Waals surface area contributed by atoms with Crippen molar-refractivity contribution >= 4 is 6.29 Å². The fourth-order valence-electron chi connectivity index (χ4n) is 1.99. The Morgan fingerprint density at radius 1 is 1.22 bits per heavy atom. The summed E-state index contributed by atoms with van der Waals surface area (Å²) in [5, 5.41) is 6.59. The molecule has 0 amide bonds. The number of aldehydes is 1. The maximum absolute atomic E-state index is 11.2. The average molecular weight is 248 g/mol. The lowest BCUT2D eigenvalue weighted by molar-refractivity contribution is -0.110. The maximum Gasteiger partial charge on any atom is 0.137 e. The summed E-state index contributed by atoms with van der Waals surface area (Å²) in [6.07, 6.45) is 1.82. The number of hydrogen-bond donors (Lipinski definition) is 2. The van der Waals surface area contributed by atoms with Gasteiger partial charge in [-0.1, -0.05) is 51.1 Å². The van der Waals surface area contributed by atoms with Gasteiger partial charge in [0.25, 0.3) is 0 Å². The highest BCUT2D eigenvalue weighted by molar-refractivity contribution is 5.58. The molecule has 0 aliphatic rings. The molecule has 0 spiro atoms. The van der Waals surface area contributed by atoms with Gasteiger partial charge in [0.2, 0.25) is 0 Å². The molecule has 0 saturated carbocycles. The Hall–Kier alpha value is -1.19. The van der Waals surface area contributed by atoms with Gasteiger partial charge in [0.15, 0.2) is 0 Å². The lowest BCUT2D eigenvalue weighted by Gasteiger charge is -2.33. The van der Waals surface area contributed by atoms with Crippen LogP contribution >= 0.6 is 0 Å². The summed E-state index contributed by atoms with van der Waals surface area (Å²) in [5.41, 5.74) is 1.23. The van der Waals surface area contributed by atoms with Gasteiger partial charge in [0.05, 0.1) is 12.2 Å². The SMILES string of the molecule is CNC(NC(C=O)Cc1ccccc1)C(C)(C)C. The predicted molar refractivity (Wildman–Crippen MR) is 75.4 cm³/mol. The zero-order chi connectivity index (χ0) is 13.6. The monoisotopic (exact) mass is 248 g/mol. The summed E-state index contributed by atoms with van der Waals surface area (Å²) in [5.74, 6) is 0. The van der Waals surface area contributed by atoms with Crippen LogP contribution < -0.4 is 10.6 Å². The van der Waals surface area contributed by atoms with Crippen LogP contribution in [0, 0.1) is 5.41 Å². The van der Waals surface area contributed by atoms with Crippen LogP contribution in [0.4, 0.5) is 0 Å². The summed E-state index contributed by atoms with van der Waals surface area (Å²) >= 11 is 0. The molecule has 0 aliphatic heterocycles. The van der Waals surface area contributed by atoms with Crippen LogP contribution in [0.1, 0.15) is 26.3 Å². The van der Waals surface area contributed by atoms with Gasteiger partial charge in [-0.05, 0) is 24.4 Å². The molecule has 2 unspecified atom stereocenters. The molecule has 1 aromatic rings. The Balaban J connectivity index is 2.64. The van der Waals surface area contributed by atoms with E-state index in [9.17, 15) is 4.79 Å². The Morgan fingerprint density at radius 3 is 2.28 bits per heavy atom. The standard InChI is InChI=1S/C15H24N2O/c1-15(2,3)14(16-4)17-13(11-18)10-12-8-6-5-7-9-12/h5-9,11,13-14,16-17H,10H2,1-4H3. The van der Waals surface area contributed by atoms with Crippen molar-refractivity contribution in [1.29, 1.82) is 0 Å². The van der Waals surface area contributed by atoms with E-state index in [4.69, 9.17) is 0 Å². The molecule has 18 heavy (non-hydrogen) atoms. The Bertz CT molecular complexity index is 357. The summed E-state index contributed by atoms with van der Waals surface area (Å²) in [4.78, 5) is 11.2. The molecule has 0 fully saturated rings. The molecule has 1 aromatic carbocycles. The van der Waals surface area contributed by atoms with Crippen LogP contribution in [0.3, 0.4) is 0 Å². The molecular weight excluding hydrogens is 224 g/mol. The van der Waals surface area contributed by atoms with E-state index in [2.05, 4.69) is 31.4 Å². The topological polar surface area (TPSA) is 41.1 Å². The highest BCUT2D eigenvalue weighted by atomic mass is 16.1. The molecule has 1 rings (SSSR count). The van der Waals surface area contributed by atoms with Crippen LogP contribution in [0.2, 0.25) is 0 Å². The van der Waals surface area contributed by atoms with E-state index in [1.807, 2.05) is 37.4 Å². The van der Waals surface area contributed by atoms with Crippen molar-refractivity contribution in [1.82, 2.24) is 10.6 Å². The minimum Gasteiger partial charge on any atom is -0.305 e. The number of rotatable bonds is 6. The smallest absolute Gasteiger partial charge is 0.137 e. The van der Waals surface area contributed by atoms with E-state index in [0.29, 0.717) is 0 Å². The maximum atomic E-state index is 11.2. The molecular formula is C15H24N2O. The second kappa shape index (κ2) is 6.66. The first-order valence-corrected chi connectivity index (χ1v) is 6.40. The summed E-state index contributed by atoms with van der Waals surface area (Å²) in [6.45, 7) is 6.43. The number of nitrogens with one attached hydrogen (secondary N) is 2. The third kappa shape index (κ3) is 4.59. The summed E-state index contributed by atoms with van der Waals surface area (Å²) in [6, 6.07) is 9.91. The molecule has 0 heterocycles. The number of benzene rings is 1. The van der Waals surface area contributed by atoms with Crippen molar-refractivity contribution < 1.29 is 4.79 Å². The van der Waals surface area contributed by atoms with Crippen LogP contribution in [-0.4, -0.2) is 25.5 Å².